The summed E-state index contributed by atoms with van der Waals surface area (Å²) in [4.78, 5) is 19.8. The Balaban J connectivity index is 3.31. The van der Waals surface area contributed by atoms with Gasteiger partial charge in [0.05, 0.1) is 6.61 Å². The summed E-state index contributed by atoms with van der Waals surface area (Å²) >= 11 is 0. The summed E-state index contributed by atoms with van der Waals surface area (Å²) < 4.78 is 5.34. The van der Waals surface area contributed by atoms with E-state index in [0.717, 1.165) is 25.7 Å². The molecular formula is C20H44O3P+. The van der Waals surface area contributed by atoms with E-state index in [1.54, 1.807) is 0 Å². The Morgan fingerprint density at radius 1 is 0.542 bits per heavy atom. The molecule has 0 aliphatic rings. The van der Waals surface area contributed by atoms with Gasteiger partial charge < -0.3 is 0 Å². The molecule has 0 fully saturated rings. The zero-order valence-electron chi connectivity index (χ0n) is 16.5. The largest absolute Gasteiger partial charge is 0.406 e. The molecule has 0 rings (SSSR count). The van der Waals surface area contributed by atoms with Crippen molar-refractivity contribution in [3.8, 4) is 0 Å². The first kappa shape index (κ1) is 24.3. The molecule has 0 radical (unpaired) electrons. The molecule has 0 saturated carbocycles. The molecule has 3 nitrogen and oxygen atoms in total. The zero-order valence-corrected chi connectivity index (χ0v) is 17.4. The first-order valence-electron chi connectivity index (χ1n) is 10.6. The van der Waals surface area contributed by atoms with Gasteiger partial charge in [-0.2, -0.15) is 14.3 Å². The van der Waals surface area contributed by atoms with Crippen LogP contribution in [0.4, 0.5) is 0 Å². The molecule has 146 valence electrons. The van der Waals surface area contributed by atoms with Crippen molar-refractivity contribution in [3.63, 3.8) is 0 Å². The van der Waals surface area contributed by atoms with Crippen LogP contribution in [-0.2, 0) is 4.52 Å². The molecule has 0 saturated heterocycles. The second-order valence-electron chi connectivity index (χ2n) is 7.17. The summed E-state index contributed by atoms with van der Waals surface area (Å²) in [5.74, 6) is 0. The van der Waals surface area contributed by atoms with Gasteiger partial charge in [0, 0.05) is 0 Å². The second kappa shape index (κ2) is 18.1. The zero-order chi connectivity index (χ0) is 17.9. The smallest absolute Gasteiger partial charge is 0.193 e. The molecule has 0 bridgehead atoms. The Kier molecular flexibility index (Phi) is 18.3. The highest BCUT2D eigenvalue weighted by atomic mass is 31.2. The van der Waals surface area contributed by atoms with Gasteiger partial charge >= 0.3 is 7.94 Å². The molecule has 24 heavy (non-hydrogen) atoms. The van der Waals surface area contributed by atoms with Crippen LogP contribution in [0.2, 0.25) is 0 Å². The molecule has 0 spiro atoms. The number of hydrogen-bond acceptors (Lipinski definition) is 3. The summed E-state index contributed by atoms with van der Waals surface area (Å²) in [7, 11) is -3.08. The van der Waals surface area contributed by atoms with Crippen LogP contribution in [0.15, 0.2) is 0 Å². The third kappa shape index (κ3) is 18.6. The molecule has 0 aliphatic carbocycles. The van der Waals surface area contributed by atoms with Gasteiger partial charge in [0.2, 0.25) is 0 Å². The Morgan fingerprint density at radius 2 is 0.917 bits per heavy atom. The highest BCUT2D eigenvalue weighted by Gasteiger charge is 2.34. The number of rotatable bonds is 19. The fraction of sp³-hybridized carbons (Fsp3) is 1.00. The third-order valence-corrected chi connectivity index (χ3v) is 6.09. The molecule has 0 atom stereocenters. The fourth-order valence-electron chi connectivity index (χ4n) is 2.96. The van der Waals surface area contributed by atoms with E-state index >= 15 is 0 Å². The SMILES string of the molecule is CCCCCCCCCCCC[P+](O)(O)OCCCCCCCC. The summed E-state index contributed by atoms with van der Waals surface area (Å²) in [5.41, 5.74) is 0. The third-order valence-electron chi connectivity index (χ3n) is 4.60. The fourth-order valence-corrected chi connectivity index (χ4v) is 4.15. The van der Waals surface area contributed by atoms with E-state index in [-0.39, 0.29) is 0 Å². The van der Waals surface area contributed by atoms with Gasteiger partial charge in [-0.15, -0.1) is 0 Å². The van der Waals surface area contributed by atoms with Gasteiger partial charge in [-0.05, 0) is 19.3 Å². The maximum absolute atomic E-state index is 9.92. The first-order chi connectivity index (χ1) is 11.6. The van der Waals surface area contributed by atoms with Crippen molar-refractivity contribution in [3.05, 3.63) is 0 Å². The highest BCUT2D eigenvalue weighted by Crippen LogP contribution is 2.51. The van der Waals surface area contributed by atoms with E-state index in [1.807, 2.05) is 0 Å². The van der Waals surface area contributed by atoms with Crippen LogP contribution in [0.1, 0.15) is 117 Å². The topological polar surface area (TPSA) is 49.7 Å². The molecule has 0 aromatic rings. The highest BCUT2D eigenvalue weighted by molar-refractivity contribution is 7.59. The summed E-state index contributed by atoms with van der Waals surface area (Å²) in [6, 6.07) is 0. The molecule has 0 aliphatic heterocycles. The molecule has 0 unspecified atom stereocenters. The monoisotopic (exact) mass is 363 g/mol. The van der Waals surface area contributed by atoms with Crippen LogP contribution >= 0.6 is 7.94 Å². The van der Waals surface area contributed by atoms with Crippen LogP contribution < -0.4 is 0 Å². The van der Waals surface area contributed by atoms with Crippen LogP contribution in [0.3, 0.4) is 0 Å². The average Bonchev–Trinajstić information content (AvgIpc) is 2.55. The molecule has 0 aromatic carbocycles. The average molecular weight is 364 g/mol. The Bertz CT molecular complexity index is 247. The van der Waals surface area contributed by atoms with Crippen LogP contribution in [-0.4, -0.2) is 22.6 Å². The van der Waals surface area contributed by atoms with Crippen molar-refractivity contribution in [2.45, 2.75) is 117 Å². The van der Waals surface area contributed by atoms with E-state index < -0.39 is 7.94 Å². The van der Waals surface area contributed by atoms with Gasteiger partial charge in [0.15, 0.2) is 0 Å². The van der Waals surface area contributed by atoms with Crippen molar-refractivity contribution in [2.24, 2.45) is 0 Å². The molecule has 0 heterocycles. The first-order valence-corrected chi connectivity index (χ1v) is 12.4. The molecule has 2 N–H and O–H groups in total. The van der Waals surface area contributed by atoms with Gasteiger partial charge in [-0.3, -0.25) is 0 Å². The minimum Gasteiger partial charge on any atom is -0.193 e. The minimum absolute atomic E-state index is 0.444. The second-order valence-corrected chi connectivity index (χ2v) is 9.21. The maximum Gasteiger partial charge on any atom is 0.406 e. The van der Waals surface area contributed by atoms with E-state index in [9.17, 15) is 9.79 Å². The molecule has 0 amide bonds. The predicted octanol–water partition coefficient (Wildman–Crippen LogP) is 7.03. The summed E-state index contributed by atoms with van der Waals surface area (Å²) in [5, 5.41) is 0. The van der Waals surface area contributed by atoms with E-state index in [2.05, 4.69) is 13.8 Å². The quantitative estimate of drug-likeness (QED) is 0.191. The Labute approximate surface area is 152 Å². The maximum atomic E-state index is 9.92. The molecular weight excluding hydrogens is 319 g/mol. The van der Waals surface area contributed by atoms with Crippen molar-refractivity contribution in [1.82, 2.24) is 0 Å². The van der Waals surface area contributed by atoms with E-state index in [4.69, 9.17) is 4.52 Å². The lowest BCUT2D eigenvalue weighted by molar-refractivity contribution is 0.222. The Morgan fingerprint density at radius 3 is 1.38 bits per heavy atom. The van der Waals surface area contributed by atoms with Crippen LogP contribution in [0.25, 0.3) is 0 Å². The van der Waals surface area contributed by atoms with Gasteiger partial charge in [0.25, 0.3) is 0 Å². The van der Waals surface area contributed by atoms with Gasteiger partial charge in [0.1, 0.15) is 6.16 Å². The standard InChI is InChI=1S/C20H44O3P/c1-3-5-7-9-11-12-13-14-16-18-20-24(21,22)23-19-17-15-10-8-6-4-2/h21-22H,3-20H2,1-2H3/q+1. The minimum atomic E-state index is -3.08. The summed E-state index contributed by atoms with van der Waals surface area (Å²) in [6.45, 7) is 4.97. The van der Waals surface area contributed by atoms with Gasteiger partial charge in [-0.1, -0.05) is 97.3 Å². The number of hydrogen-bond donors (Lipinski definition) is 2. The van der Waals surface area contributed by atoms with Crippen molar-refractivity contribution >= 4 is 7.94 Å². The summed E-state index contributed by atoms with van der Waals surface area (Å²) in [6.07, 6.45) is 20.2. The molecule has 0 aromatic heterocycles. The van der Waals surface area contributed by atoms with Gasteiger partial charge in [-0.25, -0.2) is 0 Å². The Hall–Kier alpha value is 0.310. The van der Waals surface area contributed by atoms with Crippen LogP contribution in [0.5, 0.6) is 0 Å². The number of unbranched alkanes of at least 4 members (excludes halogenated alkanes) is 14. The van der Waals surface area contributed by atoms with E-state index in [1.165, 1.54) is 77.0 Å². The molecule has 4 heteroatoms. The lowest BCUT2D eigenvalue weighted by atomic mass is 10.1. The van der Waals surface area contributed by atoms with Crippen molar-refractivity contribution in [2.75, 3.05) is 12.8 Å². The van der Waals surface area contributed by atoms with Crippen molar-refractivity contribution in [1.29, 1.82) is 0 Å². The normalized spacial score (nSPS) is 12.0. The predicted molar refractivity (Wildman–Crippen MR) is 107 cm³/mol. The lowest BCUT2D eigenvalue weighted by Crippen LogP contribution is -2.03. The lowest BCUT2D eigenvalue weighted by Gasteiger charge is -2.11. The van der Waals surface area contributed by atoms with Crippen molar-refractivity contribution < 1.29 is 14.3 Å². The van der Waals surface area contributed by atoms with E-state index in [0.29, 0.717) is 12.8 Å². The van der Waals surface area contributed by atoms with Crippen LogP contribution in [0, 0.1) is 0 Å².